The Bertz CT molecular complexity index is 1770. The largest absolute Gasteiger partial charge is 0.870 e. The van der Waals surface area contributed by atoms with Crippen LogP contribution in [0.25, 0.3) is 0 Å². The number of aromatic amines is 1. The van der Waals surface area contributed by atoms with E-state index in [2.05, 4.69) is 15.2 Å². The Morgan fingerprint density at radius 2 is 1.63 bits per heavy atom. The third kappa shape index (κ3) is 9.38. The predicted octanol–water partition coefficient (Wildman–Crippen LogP) is 6.30. The van der Waals surface area contributed by atoms with Crippen molar-refractivity contribution >= 4 is 35.1 Å². The number of carbonyl (C=O) groups excluding carboxylic acids is 2. The summed E-state index contributed by atoms with van der Waals surface area (Å²) in [7, 11) is 3.11. The molecular weight excluding hydrogens is 693 g/mol. The number of pyridine rings is 1. The molecule has 3 aliphatic heterocycles. The Labute approximate surface area is 308 Å². The number of H-pyrrole nitrogens is 1. The minimum atomic E-state index is -0.737. The van der Waals surface area contributed by atoms with E-state index >= 15 is 0 Å². The van der Waals surface area contributed by atoms with Gasteiger partial charge in [0.05, 0.1) is 19.8 Å². The molecule has 3 aromatic carbocycles. The summed E-state index contributed by atoms with van der Waals surface area (Å²) < 4.78 is 23.2. The van der Waals surface area contributed by atoms with Gasteiger partial charge < -0.3 is 29.7 Å². The van der Waals surface area contributed by atoms with E-state index in [1.165, 1.54) is 0 Å². The summed E-state index contributed by atoms with van der Waals surface area (Å²) in [6.45, 7) is 3.45. The maximum Gasteiger partial charge on any atom is 0.338 e. The molecule has 0 saturated carbocycles. The van der Waals surface area contributed by atoms with Gasteiger partial charge in [0.2, 0.25) is 0 Å². The van der Waals surface area contributed by atoms with E-state index in [1.54, 1.807) is 44.8 Å². The SMILES string of the molecule is COc1ccc([C@H](Cc2c(Cl)c[nH+]cc2Cl)OC(=O)c2cccc(CCNC(C(=O)O[C@H]3CN4CCC3CC4)c3ccccc3)c2)cc1OC.[OH-]. The number of fused-ring (bicyclic) bond motifs is 3. The van der Waals surface area contributed by atoms with Crippen molar-refractivity contribution in [2.75, 3.05) is 40.4 Å². The number of hydrogen-bond donors (Lipinski definition) is 1. The normalized spacial score (nSPS) is 18.9. The van der Waals surface area contributed by atoms with Crippen molar-refractivity contribution in [3.8, 4) is 11.5 Å². The first kappa shape index (κ1) is 38.1. The molecule has 51 heavy (non-hydrogen) atoms. The van der Waals surface area contributed by atoms with Crippen LogP contribution in [0.4, 0.5) is 0 Å². The second kappa shape index (κ2) is 17.8. The molecule has 1 unspecified atom stereocenters. The Kier molecular flexibility index (Phi) is 13.3. The van der Waals surface area contributed by atoms with Crippen LogP contribution in [0.3, 0.4) is 0 Å². The lowest BCUT2D eigenvalue weighted by molar-refractivity contribution is -0.377. The average Bonchev–Trinajstić information content (AvgIpc) is 3.15. The third-order valence-electron chi connectivity index (χ3n) is 9.57. The summed E-state index contributed by atoms with van der Waals surface area (Å²) in [5, 5.41) is 4.28. The molecule has 7 rings (SSSR count). The summed E-state index contributed by atoms with van der Waals surface area (Å²) in [5.74, 6) is 0.715. The molecule has 0 radical (unpaired) electrons. The highest BCUT2D eigenvalue weighted by atomic mass is 35.5. The fraction of sp³-hybridized carbons (Fsp3) is 0.359. The van der Waals surface area contributed by atoms with Gasteiger partial charge in [0, 0.05) is 25.1 Å². The van der Waals surface area contributed by atoms with Gasteiger partial charge in [-0.15, -0.1) is 0 Å². The van der Waals surface area contributed by atoms with E-state index in [0.29, 0.717) is 57.1 Å². The van der Waals surface area contributed by atoms with Crippen molar-refractivity contribution in [1.29, 1.82) is 0 Å². The molecule has 3 atom stereocenters. The van der Waals surface area contributed by atoms with Crippen LogP contribution in [0.1, 0.15) is 57.6 Å². The lowest BCUT2D eigenvalue weighted by atomic mass is 9.86. The minimum absolute atomic E-state index is 0. The van der Waals surface area contributed by atoms with Crippen molar-refractivity contribution in [3.05, 3.63) is 123 Å². The topological polar surface area (TPSA) is 130 Å². The number of benzene rings is 3. The smallest absolute Gasteiger partial charge is 0.338 e. The summed E-state index contributed by atoms with van der Waals surface area (Å²) in [6.07, 6.45) is 5.40. The first-order chi connectivity index (χ1) is 24.3. The number of hydrogen-bond acceptors (Lipinski definition) is 9. The maximum absolute atomic E-state index is 13.7. The van der Waals surface area contributed by atoms with Gasteiger partial charge in [0.1, 0.15) is 28.3 Å². The van der Waals surface area contributed by atoms with Crippen LogP contribution in [0.15, 0.2) is 85.2 Å². The first-order valence-corrected chi connectivity index (χ1v) is 17.7. The molecule has 0 amide bonds. The number of carbonyl (C=O) groups is 2. The summed E-state index contributed by atoms with van der Waals surface area (Å²) >= 11 is 13.0. The number of rotatable bonds is 14. The molecule has 3 N–H and O–H groups in total. The third-order valence-corrected chi connectivity index (χ3v) is 10.2. The van der Waals surface area contributed by atoms with Crippen LogP contribution in [0.2, 0.25) is 10.0 Å². The molecule has 270 valence electrons. The van der Waals surface area contributed by atoms with Crippen molar-refractivity contribution in [2.24, 2.45) is 5.92 Å². The number of aromatic nitrogens is 1. The number of methoxy groups -OCH3 is 2. The second-order valence-corrected chi connectivity index (χ2v) is 13.5. The number of halogens is 2. The van der Waals surface area contributed by atoms with Crippen LogP contribution in [0.5, 0.6) is 11.5 Å². The number of nitrogens with one attached hydrogen (secondary N) is 2. The number of ether oxygens (including phenoxy) is 4. The van der Waals surface area contributed by atoms with Gasteiger partial charge in [-0.25, -0.2) is 14.6 Å². The number of esters is 2. The van der Waals surface area contributed by atoms with Gasteiger partial charge in [0.15, 0.2) is 23.9 Å². The molecule has 12 heteroatoms. The highest BCUT2D eigenvalue weighted by Gasteiger charge is 2.38. The molecule has 4 aromatic rings. The van der Waals surface area contributed by atoms with Gasteiger partial charge in [-0.1, -0.05) is 71.7 Å². The zero-order valence-corrected chi connectivity index (χ0v) is 30.2. The van der Waals surface area contributed by atoms with Crippen LogP contribution in [0, 0.1) is 5.92 Å². The fourth-order valence-corrected chi connectivity index (χ4v) is 7.33. The van der Waals surface area contributed by atoms with Gasteiger partial charge in [-0.3, -0.25) is 4.90 Å². The maximum atomic E-state index is 13.7. The first-order valence-electron chi connectivity index (χ1n) is 16.9. The Morgan fingerprint density at radius 3 is 2.29 bits per heavy atom. The molecule has 0 spiro atoms. The molecule has 3 fully saturated rings. The van der Waals surface area contributed by atoms with E-state index < -0.39 is 18.1 Å². The molecular formula is C39H43Cl2N3O7. The lowest BCUT2D eigenvalue weighted by Crippen LogP contribution is -2.52. The van der Waals surface area contributed by atoms with E-state index in [9.17, 15) is 9.59 Å². The van der Waals surface area contributed by atoms with E-state index in [-0.39, 0.29) is 24.0 Å². The fourth-order valence-electron chi connectivity index (χ4n) is 6.79. The summed E-state index contributed by atoms with van der Waals surface area (Å²) in [5.41, 5.74) is 3.49. The zero-order valence-electron chi connectivity index (χ0n) is 28.6. The zero-order chi connectivity index (χ0) is 35.0. The molecule has 3 saturated heterocycles. The van der Waals surface area contributed by atoms with Gasteiger partial charge in [-0.2, -0.15) is 0 Å². The van der Waals surface area contributed by atoms with Crippen molar-refractivity contribution in [2.45, 2.75) is 43.9 Å². The Morgan fingerprint density at radius 1 is 0.902 bits per heavy atom. The van der Waals surface area contributed by atoms with E-state index in [1.807, 2.05) is 54.6 Å². The van der Waals surface area contributed by atoms with E-state index in [0.717, 1.165) is 43.6 Å². The number of piperidine rings is 3. The van der Waals surface area contributed by atoms with Crippen LogP contribution >= 0.6 is 23.2 Å². The molecule has 10 nitrogen and oxygen atoms in total. The highest BCUT2D eigenvalue weighted by Crippen LogP contribution is 2.36. The van der Waals surface area contributed by atoms with Gasteiger partial charge in [-0.05, 0) is 79.2 Å². The van der Waals surface area contributed by atoms with Crippen molar-refractivity contribution in [1.82, 2.24) is 10.2 Å². The monoisotopic (exact) mass is 735 g/mol. The quantitative estimate of drug-likeness (QED) is 0.148. The van der Waals surface area contributed by atoms with Crippen molar-refractivity contribution in [3.63, 3.8) is 0 Å². The summed E-state index contributed by atoms with van der Waals surface area (Å²) in [4.78, 5) is 32.5. The summed E-state index contributed by atoms with van der Waals surface area (Å²) in [6, 6.07) is 21.7. The average molecular weight is 737 g/mol. The Balaban J connectivity index is 0.00000504. The van der Waals surface area contributed by atoms with Crippen LogP contribution in [-0.2, 0) is 27.1 Å². The standard InChI is InChI=1S/C39H41Cl2N3O6.H2O/c1-47-33-12-11-28(20-35(33)48-2)34(21-30-31(40)22-42-23-32(30)41)49-38(45)29-10-6-7-25(19-29)13-16-43-37(27-8-4-3-5-9-27)39(46)50-36-24-44-17-14-26(36)15-18-44;/h3-12,19-20,22-23,26,34,36-37,43H,13-18,21,24H2,1-2H3;1H2/t34-,36-,37?;/m0./s1. The molecule has 0 aliphatic carbocycles. The van der Waals surface area contributed by atoms with Gasteiger partial charge in [0.25, 0.3) is 0 Å². The molecule has 1 aromatic heterocycles. The predicted molar refractivity (Wildman–Crippen MR) is 193 cm³/mol. The minimum Gasteiger partial charge on any atom is -0.870 e. The highest BCUT2D eigenvalue weighted by molar-refractivity contribution is 6.35. The lowest BCUT2D eigenvalue weighted by Gasteiger charge is -2.44. The van der Waals surface area contributed by atoms with Crippen LogP contribution < -0.4 is 19.8 Å². The van der Waals surface area contributed by atoms with Gasteiger partial charge >= 0.3 is 11.9 Å². The molecule has 2 bridgehead atoms. The van der Waals surface area contributed by atoms with E-state index in [4.69, 9.17) is 42.1 Å². The molecule has 4 heterocycles. The van der Waals surface area contributed by atoms with Crippen molar-refractivity contribution < 1.29 is 39.0 Å². The Hall–Kier alpha value is -4.19. The molecule has 3 aliphatic rings. The van der Waals surface area contributed by atoms with Crippen LogP contribution in [-0.4, -0.2) is 68.8 Å². The second-order valence-electron chi connectivity index (χ2n) is 12.7. The number of nitrogens with zero attached hydrogens (tertiary/aromatic N) is 1.